The molecule has 0 aromatic carbocycles. The number of aliphatic hydroxyl groups excluding tert-OH is 1. The summed E-state index contributed by atoms with van der Waals surface area (Å²) in [5.74, 6) is -0.000109. The summed E-state index contributed by atoms with van der Waals surface area (Å²) in [6.45, 7) is 11.7. The van der Waals surface area contributed by atoms with Gasteiger partial charge in [0.2, 0.25) is 0 Å². The Bertz CT molecular complexity index is 1840. The minimum Gasteiger partial charge on any atom is -0.462 e. The molecule has 0 fully saturated rings. The third kappa shape index (κ3) is 64.1. The molecule has 0 radical (unpaired) electrons. The maximum absolute atomic E-state index is 13.0. The normalized spacial score (nSPS) is 14.4. The summed E-state index contributed by atoms with van der Waals surface area (Å²) in [6, 6.07) is 0. The van der Waals surface area contributed by atoms with Gasteiger partial charge in [-0.1, -0.05) is 272 Å². The third-order valence-corrected chi connectivity index (χ3v) is 17.4. The van der Waals surface area contributed by atoms with E-state index in [1.807, 2.05) is 0 Å². The third-order valence-electron chi connectivity index (χ3n) is 15.5. The van der Waals surface area contributed by atoms with Crippen molar-refractivity contribution in [2.24, 2.45) is 17.8 Å². The monoisotopic (exact) mass is 1310 g/mol. The van der Waals surface area contributed by atoms with Gasteiger partial charge < -0.3 is 33.8 Å². The van der Waals surface area contributed by atoms with Crippen molar-refractivity contribution in [3.05, 3.63) is 24.3 Å². The van der Waals surface area contributed by atoms with E-state index in [4.69, 9.17) is 37.0 Å². The van der Waals surface area contributed by atoms with Crippen molar-refractivity contribution in [3.63, 3.8) is 0 Å². The summed E-state index contributed by atoms with van der Waals surface area (Å²) in [7, 11) is -9.91. The standard InChI is InChI=1S/C70H132O17P2/c1-8-9-10-11-12-13-14-15-16-17-20-23-30-37-44-51-67(72)80-57-65(86-69(74)53-46-39-31-24-21-18-19-22-27-34-41-48-61(2)3)59-84-88(76,77)82-55-64(71)56-83-89(78,79)85-60-66(87-70(75)54-47-40-33-26-29-36-43-50-63(6)7)58-81-68(73)52-45-38-32-25-28-35-42-49-62(4)5/h13-16,61-66,71H,8-12,17-60H2,1-7H3,(H,76,77)(H,78,79)/b14-13-,16-15-/t64?,65-,66-/m1/s1. The summed E-state index contributed by atoms with van der Waals surface area (Å²) in [5, 5.41) is 10.6. The summed E-state index contributed by atoms with van der Waals surface area (Å²) < 4.78 is 68.2. The predicted octanol–water partition coefficient (Wildman–Crippen LogP) is 19.4. The van der Waals surface area contributed by atoms with Crippen LogP contribution in [-0.4, -0.2) is 96.7 Å². The van der Waals surface area contributed by atoms with Gasteiger partial charge in [-0.05, 0) is 69.1 Å². The Morgan fingerprint density at radius 2 is 0.607 bits per heavy atom. The number of phosphoric acid groups is 2. The molecule has 0 spiro atoms. The molecule has 0 aliphatic rings. The van der Waals surface area contributed by atoms with Crippen LogP contribution in [-0.2, 0) is 65.4 Å². The molecule has 524 valence electrons. The molecular weight excluding hydrogens is 1170 g/mol. The van der Waals surface area contributed by atoms with Crippen LogP contribution in [0.3, 0.4) is 0 Å². The first-order chi connectivity index (χ1) is 42.7. The van der Waals surface area contributed by atoms with E-state index < -0.39 is 97.5 Å². The molecule has 0 aromatic rings. The second kappa shape index (κ2) is 60.5. The molecule has 0 aliphatic heterocycles. The number of hydrogen-bond donors (Lipinski definition) is 3. The first kappa shape index (κ1) is 86.5. The van der Waals surface area contributed by atoms with E-state index in [0.717, 1.165) is 121 Å². The predicted molar refractivity (Wildman–Crippen MR) is 358 cm³/mol. The van der Waals surface area contributed by atoms with Crippen LogP contribution >= 0.6 is 15.6 Å². The fraction of sp³-hybridized carbons (Fsp3) is 0.886. The number of carbonyl (C=O) groups excluding carboxylic acids is 4. The highest BCUT2D eigenvalue weighted by atomic mass is 31.2. The maximum atomic E-state index is 13.0. The van der Waals surface area contributed by atoms with Gasteiger partial charge in [0.25, 0.3) is 0 Å². The summed E-state index contributed by atoms with van der Waals surface area (Å²) in [4.78, 5) is 72.5. The van der Waals surface area contributed by atoms with Gasteiger partial charge in [-0.15, -0.1) is 0 Å². The first-order valence-electron chi connectivity index (χ1n) is 35.7. The van der Waals surface area contributed by atoms with Crippen molar-refractivity contribution < 1.29 is 80.2 Å². The summed E-state index contributed by atoms with van der Waals surface area (Å²) in [5.41, 5.74) is 0. The lowest BCUT2D eigenvalue weighted by Gasteiger charge is -2.21. The molecular formula is C70H132O17P2. The molecule has 0 amide bonds. The number of phosphoric ester groups is 2. The van der Waals surface area contributed by atoms with Gasteiger partial charge in [-0.25, -0.2) is 9.13 Å². The lowest BCUT2D eigenvalue weighted by atomic mass is 10.0. The smallest absolute Gasteiger partial charge is 0.462 e. The highest BCUT2D eigenvalue weighted by molar-refractivity contribution is 7.47. The van der Waals surface area contributed by atoms with Crippen LogP contribution in [0.2, 0.25) is 0 Å². The van der Waals surface area contributed by atoms with Gasteiger partial charge in [-0.3, -0.25) is 37.3 Å². The van der Waals surface area contributed by atoms with Gasteiger partial charge in [0.05, 0.1) is 26.4 Å². The van der Waals surface area contributed by atoms with E-state index in [-0.39, 0.29) is 25.7 Å². The highest BCUT2D eigenvalue weighted by Gasteiger charge is 2.30. The SMILES string of the molecule is CCCCCC/C=C\C=C/CCCCCCCC(=O)OC[C@H](COP(=O)(O)OCC(O)COP(=O)(O)OC[C@@H](COC(=O)CCCCCCCCCC(C)C)OC(=O)CCCCCCCCCC(C)C)OC(=O)CCCCCCCCCCCCCC(C)C. The molecule has 17 nitrogen and oxygen atoms in total. The number of rotatable bonds is 66. The Morgan fingerprint density at radius 1 is 0.348 bits per heavy atom. The molecule has 0 aliphatic carbocycles. The second-order valence-electron chi connectivity index (χ2n) is 26.0. The Morgan fingerprint density at radius 3 is 0.910 bits per heavy atom. The van der Waals surface area contributed by atoms with Crippen LogP contribution in [0.5, 0.6) is 0 Å². The number of ether oxygens (including phenoxy) is 4. The Kier molecular flexibility index (Phi) is 58.8. The number of allylic oxidation sites excluding steroid dienone is 4. The van der Waals surface area contributed by atoms with E-state index in [2.05, 4.69) is 72.8 Å². The quantitative estimate of drug-likeness (QED) is 0.0169. The zero-order valence-corrected chi connectivity index (χ0v) is 59.2. The molecule has 0 saturated heterocycles. The van der Waals surface area contributed by atoms with E-state index in [9.17, 15) is 43.2 Å². The highest BCUT2D eigenvalue weighted by Crippen LogP contribution is 2.45. The van der Waals surface area contributed by atoms with Gasteiger partial charge in [0, 0.05) is 25.7 Å². The second-order valence-corrected chi connectivity index (χ2v) is 28.9. The maximum Gasteiger partial charge on any atom is 0.472 e. The van der Waals surface area contributed by atoms with Crippen molar-refractivity contribution in [1.82, 2.24) is 0 Å². The average molecular weight is 1310 g/mol. The molecule has 0 bridgehead atoms. The van der Waals surface area contributed by atoms with Gasteiger partial charge >= 0.3 is 39.5 Å². The van der Waals surface area contributed by atoms with Crippen molar-refractivity contribution in [3.8, 4) is 0 Å². The minimum atomic E-state index is -4.96. The Hall–Kier alpha value is -2.46. The van der Waals surface area contributed by atoms with Crippen molar-refractivity contribution in [2.45, 2.75) is 343 Å². The zero-order valence-electron chi connectivity index (χ0n) is 57.4. The van der Waals surface area contributed by atoms with Crippen LogP contribution in [0, 0.1) is 17.8 Å². The lowest BCUT2D eigenvalue weighted by molar-refractivity contribution is -0.161. The number of aliphatic hydroxyl groups is 1. The molecule has 0 saturated carbocycles. The van der Waals surface area contributed by atoms with Crippen molar-refractivity contribution in [2.75, 3.05) is 39.6 Å². The molecule has 0 rings (SSSR count). The fourth-order valence-electron chi connectivity index (χ4n) is 10.0. The van der Waals surface area contributed by atoms with E-state index in [1.165, 1.54) is 109 Å². The number of hydrogen-bond acceptors (Lipinski definition) is 15. The van der Waals surface area contributed by atoms with E-state index in [0.29, 0.717) is 37.5 Å². The van der Waals surface area contributed by atoms with Gasteiger partial charge in [0.15, 0.2) is 12.2 Å². The van der Waals surface area contributed by atoms with Gasteiger partial charge in [-0.2, -0.15) is 0 Å². The topological polar surface area (TPSA) is 237 Å². The number of unbranched alkanes of at least 4 members (excludes halogenated alkanes) is 31. The molecule has 5 atom stereocenters. The number of carbonyl (C=O) groups is 4. The average Bonchev–Trinajstić information content (AvgIpc) is 3.70. The van der Waals surface area contributed by atoms with Crippen LogP contribution in [0.25, 0.3) is 0 Å². The lowest BCUT2D eigenvalue weighted by Crippen LogP contribution is -2.30. The van der Waals surface area contributed by atoms with Crippen LogP contribution in [0.15, 0.2) is 24.3 Å². The molecule has 3 N–H and O–H groups in total. The molecule has 89 heavy (non-hydrogen) atoms. The minimum absolute atomic E-state index is 0.0989. The van der Waals surface area contributed by atoms with Crippen molar-refractivity contribution in [1.29, 1.82) is 0 Å². The molecule has 0 aromatic heterocycles. The van der Waals surface area contributed by atoms with E-state index in [1.54, 1.807) is 0 Å². The Balaban J connectivity index is 5.28. The summed E-state index contributed by atoms with van der Waals surface area (Å²) >= 11 is 0. The molecule has 19 heteroatoms. The zero-order chi connectivity index (χ0) is 65.9. The van der Waals surface area contributed by atoms with Crippen LogP contribution in [0.4, 0.5) is 0 Å². The van der Waals surface area contributed by atoms with Gasteiger partial charge in [0.1, 0.15) is 19.3 Å². The largest absolute Gasteiger partial charge is 0.472 e. The fourth-order valence-corrected chi connectivity index (χ4v) is 11.6. The summed E-state index contributed by atoms with van der Waals surface area (Å²) in [6.07, 6.45) is 46.8. The Labute approximate surface area is 542 Å². The van der Waals surface area contributed by atoms with Crippen LogP contribution < -0.4 is 0 Å². The molecule has 3 unspecified atom stereocenters. The van der Waals surface area contributed by atoms with Crippen molar-refractivity contribution >= 4 is 39.5 Å². The first-order valence-corrected chi connectivity index (χ1v) is 38.7. The molecule has 0 heterocycles. The van der Waals surface area contributed by atoms with E-state index >= 15 is 0 Å². The van der Waals surface area contributed by atoms with Crippen LogP contribution in [0.1, 0.15) is 325 Å². The number of esters is 4.